The Bertz CT molecular complexity index is 424. The minimum atomic E-state index is -4.64. The zero-order valence-electron chi connectivity index (χ0n) is 9.17. The molecule has 0 amide bonds. The van der Waals surface area contributed by atoms with Crippen molar-refractivity contribution in [3.05, 3.63) is 29.8 Å². The van der Waals surface area contributed by atoms with E-state index >= 15 is 0 Å². The van der Waals surface area contributed by atoms with Gasteiger partial charge in [0.15, 0.2) is 0 Å². The first-order valence-corrected chi connectivity index (χ1v) is 6.20. The number of nitrogens with two attached hydrogens (primary N) is 1. The van der Waals surface area contributed by atoms with E-state index in [1.54, 1.807) is 12.1 Å². The SMILES string of the molecule is NC(Cc1ccc(O)cc1)C(=O)O.O=P(O)(O)O.[NaH]. The Morgan fingerprint density at radius 2 is 1.58 bits per heavy atom. The van der Waals surface area contributed by atoms with E-state index in [1.807, 2.05) is 0 Å². The van der Waals surface area contributed by atoms with Gasteiger partial charge in [0.1, 0.15) is 11.8 Å². The second kappa shape index (κ2) is 9.46. The topological polar surface area (TPSA) is 161 Å². The van der Waals surface area contributed by atoms with E-state index in [-0.39, 0.29) is 41.7 Å². The number of phosphoric acid groups is 1. The average molecular weight is 303 g/mol. The maximum absolute atomic E-state index is 10.4. The van der Waals surface area contributed by atoms with E-state index < -0.39 is 19.8 Å². The fourth-order valence-electron chi connectivity index (χ4n) is 0.973. The molecule has 0 heterocycles. The number of rotatable bonds is 3. The van der Waals surface area contributed by atoms with E-state index in [0.717, 1.165) is 5.56 Å². The summed E-state index contributed by atoms with van der Waals surface area (Å²) in [6.45, 7) is 0. The number of benzene rings is 1. The summed E-state index contributed by atoms with van der Waals surface area (Å²) in [5, 5.41) is 17.5. The van der Waals surface area contributed by atoms with Crippen LogP contribution in [0.5, 0.6) is 5.75 Å². The molecule has 0 saturated heterocycles. The quantitative estimate of drug-likeness (QED) is 0.299. The Morgan fingerprint density at radius 3 is 1.89 bits per heavy atom. The normalized spacial score (nSPS) is 11.6. The Labute approximate surface area is 131 Å². The minimum absolute atomic E-state index is 0. The molecule has 1 unspecified atom stereocenters. The Hall–Kier alpha value is -0.440. The van der Waals surface area contributed by atoms with Gasteiger partial charge in [-0.25, -0.2) is 4.57 Å². The third-order valence-corrected chi connectivity index (χ3v) is 1.71. The van der Waals surface area contributed by atoms with Crippen LogP contribution in [0.2, 0.25) is 0 Å². The standard InChI is InChI=1S/C9H11NO3.Na.H3O4P.H/c10-8(9(12)13)5-6-1-3-7(11)4-2-6;;1-5(2,3)4;/h1-4,8,11H,5,10H2,(H,12,13);;(H3,1,2,3,4);. The number of phenolic OH excluding ortho intramolecular Hbond substituents is 1. The Kier molecular flexibility index (Phi) is 10.4. The molecule has 0 aromatic heterocycles. The molecule has 8 nitrogen and oxygen atoms in total. The molecule has 19 heavy (non-hydrogen) atoms. The van der Waals surface area contributed by atoms with Crippen LogP contribution in [-0.2, 0) is 15.8 Å². The van der Waals surface area contributed by atoms with Crippen LogP contribution >= 0.6 is 7.82 Å². The molecule has 0 aliphatic carbocycles. The van der Waals surface area contributed by atoms with Crippen LogP contribution in [-0.4, -0.2) is 66.5 Å². The molecule has 0 aliphatic heterocycles. The number of aromatic hydroxyl groups is 1. The molecular weight excluding hydrogens is 288 g/mol. The van der Waals surface area contributed by atoms with Gasteiger partial charge in [-0.2, -0.15) is 0 Å². The van der Waals surface area contributed by atoms with Gasteiger partial charge in [-0.3, -0.25) is 4.79 Å². The summed E-state index contributed by atoms with van der Waals surface area (Å²) in [4.78, 5) is 32.0. The maximum atomic E-state index is 10.4. The summed E-state index contributed by atoms with van der Waals surface area (Å²) in [7, 11) is -4.64. The van der Waals surface area contributed by atoms with Gasteiger partial charge in [-0.05, 0) is 24.1 Å². The molecule has 1 aromatic carbocycles. The number of carboxylic acid groups (broad SMARTS) is 1. The van der Waals surface area contributed by atoms with Gasteiger partial charge in [-0.1, -0.05) is 12.1 Å². The first-order chi connectivity index (χ1) is 8.09. The first kappa shape index (κ1) is 20.9. The molecule has 1 atom stereocenters. The zero-order valence-corrected chi connectivity index (χ0v) is 10.1. The Morgan fingerprint density at radius 1 is 1.21 bits per heavy atom. The van der Waals surface area contributed by atoms with E-state index in [4.69, 9.17) is 35.2 Å². The number of carbonyl (C=O) groups is 1. The van der Waals surface area contributed by atoms with Gasteiger partial charge in [-0.15, -0.1) is 0 Å². The first-order valence-electron chi connectivity index (χ1n) is 4.64. The summed E-state index contributed by atoms with van der Waals surface area (Å²) in [6, 6.07) is 5.42. The van der Waals surface area contributed by atoms with E-state index in [2.05, 4.69) is 0 Å². The van der Waals surface area contributed by atoms with Crippen molar-refractivity contribution in [2.75, 3.05) is 0 Å². The summed E-state index contributed by atoms with van der Waals surface area (Å²) in [5.74, 6) is -0.860. The van der Waals surface area contributed by atoms with Crippen LogP contribution in [0.15, 0.2) is 24.3 Å². The van der Waals surface area contributed by atoms with Crippen LogP contribution in [0.4, 0.5) is 0 Å². The van der Waals surface area contributed by atoms with Gasteiger partial charge in [0, 0.05) is 0 Å². The van der Waals surface area contributed by atoms with Crippen molar-refractivity contribution in [1.29, 1.82) is 0 Å². The van der Waals surface area contributed by atoms with Gasteiger partial charge in [0.05, 0.1) is 0 Å². The number of hydrogen-bond donors (Lipinski definition) is 6. The molecule has 10 heteroatoms. The summed E-state index contributed by atoms with van der Waals surface area (Å²) < 4.78 is 8.88. The molecule has 1 rings (SSSR count). The van der Waals surface area contributed by atoms with Crippen molar-refractivity contribution in [3.63, 3.8) is 0 Å². The summed E-state index contributed by atoms with van der Waals surface area (Å²) in [5.41, 5.74) is 6.12. The average Bonchev–Trinajstić information content (AvgIpc) is 2.18. The van der Waals surface area contributed by atoms with Crippen LogP contribution in [0.1, 0.15) is 5.56 Å². The molecule has 0 bridgehead atoms. The fraction of sp³-hybridized carbons (Fsp3) is 0.222. The van der Waals surface area contributed by atoms with Crippen LogP contribution in [0, 0.1) is 0 Å². The predicted molar refractivity (Wildman–Crippen MR) is 68.8 cm³/mol. The number of carboxylic acids is 1. The van der Waals surface area contributed by atoms with Crippen molar-refractivity contribution in [2.24, 2.45) is 5.73 Å². The summed E-state index contributed by atoms with van der Waals surface area (Å²) >= 11 is 0. The fourth-order valence-corrected chi connectivity index (χ4v) is 0.973. The third kappa shape index (κ3) is 13.8. The molecule has 1 aromatic rings. The van der Waals surface area contributed by atoms with Crippen molar-refractivity contribution in [2.45, 2.75) is 12.5 Å². The van der Waals surface area contributed by atoms with Crippen molar-refractivity contribution in [1.82, 2.24) is 0 Å². The molecular formula is C9H15NNaO7P. The molecule has 0 saturated carbocycles. The number of aliphatic carboxylic acids is 1. The van der Waals surface area contributed by atoms with Gasteiger partial charge in [0.2, 0.25) is 0 Å². The van der Waals surface area contributed by atoms with Crippen LogP contribution in [0.25, 0.3) is 0 Å². The van der Waals surface area contributed by atoms with Gasteiger partial charge >= 0.3 is 43.3 Å². The van der Waals surface area contributed by atoms with Crippen molar-refractivity contribution >= 4 is 43.3 Å². The van der Waals surface area contributed by atoms with E-state index in [0.29, 0.717) is 0 Å². The number of hydrogen-bond acceptors (Lipinski definition) is 4. The third-order valence-electron chi connectivity index (χ3n) is 1.71. The Balaban J connectivity index is 0. The summed E-state index contributed by atoms with van der Waals surface area (Å²) in [6.07, 6.45) is 0.273. The molecule has 7 N–H and O–H groups in total. The molecule has 0 fully saturated rings. The van der Waals surface area contributed by atoms with Crippen molar-refractivity contribution < 1.29 is 34.3 Å². The predicted octanol–water partition coefficient (Wildman–Crippen LogP) is -1.23. The van der Waals surface area contributed by atoms with Crippen LogP contribution < -0.4 is 5.73 Å². The second-order valence-corrected chi connectivity index (χ2v) is 4.36. The van der Waals surface area contributed by atoms with Crippen LogP contribution in [0.3, 0.4) is 0 Å². The zero-order chi connectivity index (χ0) is 14.3. The van der Waals surface area contributed by atoms with Gasteiger partial charge < -0.3 is 30.6 Å². The second-order valence-electron chi connectivity index (χ2n) is 3.33. The monoisotopic (exact) mass is 303 g/mol. The molecule has 0 radical (unpaired) electrons. The van der Waals surface area contributed by atoms with Crippen molar-refractivity contribution in [3.8, 4) is 5.75 Å². The number of phenols is 1. The van der Waals surface area contributed by atoms with E-state index in [9.17, 15) is 4.79 Å². The van der Waals surface area contributed by atoms with Gasteiger partial charge in [0.25, 0.3) is 0 Å². The molecule has 0 spiro atoms. The van der Waals surface area contributed by atoms with E-state index in [1.165, 1.54) is 12.1 Å². The molecule has 104 valence electrons. The molecule has 0 aliphatic rings.